The fraction of sp³-hybridized carbons (Fsp3) is 0.500. The molecule has 0 fully saturated rings. The first-order chi connectivity index (χ1) is 8.13. The molecule has 18 heavy (non-hydrogen) atoms. The summed E-state index contributed by atoms with van der Waals surface area (Å²) in [4.78, 5) is 0. The number of rotatable bonds is 4. The zero-order valence-corrected chi connectivity index (χ0v) is 15.2. The minimum absolute atomic E-state index is 0.134. The molecule has 6 heteroatoms. The molecule has 0 aromatic heterocycles. The van der Waals surface area contributed by atoms with Crippen LogP contribution >= 0.6 is 38.5 Å². The van der Waals surface area contributed by atoms with Gasteiger partial charge >= 0.3 is 0 Å². The zero-order valence-electron chi connectivity index (χ0n) is 10.6. The van der Waals surface area contributed by atoms with Crippen molar-refractivity contribution in [1.29, 1.82) is 0 Å². The largest absolute Gasteiger partial charge is 0.383 e. The lowest BCUT2D eigenvalue weighted by Crippen LogP contribution is -2.32. The molecular weight excluding hydrogens is 429 g/mol. The monoisotopic (exact) mass is 445 g/mol. The highest BCUT2D eigenvalue weighted by Gasteiger charge is 2.28. The minimum atomic E-state index is -3.07. The summed E-state index contributed by atoms with van der Waals surface area (Å²) in [5, 5.41) is 3.14. The van der Waals surface area contributed by atoms with Gasteiger partial charge in [0.15, 0.2) is 9.84 Å². The average Bonchev–Trinajstić information content (AvgIpc) is 2.19. The van der Waals surface area contributed by atoms with E-state index in [1.807, 2.05) is 18.2 Å². The van der Waals surface area contributed by atoms with Crippen LogP contribution in [0, 0.1) is 3.57 Å². The molecule has 0 heterocycles. The van der Waals surface area contributed by atoms with Gasteiger partial charge in [-0.3, -0.25) is 0 Å². The van der Waals surface area contributed by atoms with Gasteiger partial charge in [0.25, 0.3) is 0 Å². The number of anilines is 1. The molecule has 0 saturated carbocycles. The highest BCUT2D eigenvalue weighted by Crippen LogP contribution is 2.24. The molecule has 0 aliphatic rings. The van der Waals surface area contributed by atoms with Crippen molar-refractivity contribution >= 4 is 54.0 Å². The Hall–Kier alpha value is 0.180. The van der Waals surface area contributed by atoms with E-state index in [2.05, 4.69) is 43.8 Å². The van der Waals surface area contributed by atoms with E-state index in [4.69, 9.17) is 0 Å². The topological polar surface area (TPSA) is 46.2 Å². The second-order valence-electron chi connectivity index (χ2n) is 4.98. The minimum Gasteiger partial charge on any atom is -0.383 e. The summed E-state index contributed by atoms with van der Waals surface area (Å²) in [5.41, 5.74) is 0.916. The molecule has 1 aromatic carbocycles. The predicted molar refractivity (Wildman–Crippen MR) is 88.9 cm³/mol. The number of hydrogen-bond acceptors (Lipinski definition) is 3. The Bertz CT molecular complexity index is 523. The van der Waals surface area contributed by atoms with Crippen LogP contribution < -0.4 is 5.32 Å². The molecular formula is C12H17BrINO2S. The number of benzene rings is 1. The quantitative estimate of drug-likeness (QED) is 0.719. The van der Waals surface area contributed by atoms with Gasteiger partial charge in [-0.15, -0.1) is 0 Å². The highest BCUT2D eigenvalue weighted by molar-refractivity contribution is 14.1. The van der Waals surface area contributed by atoms with Gasteiger partial charge in [0.1, 0.15) is 0 Å². The maximum atomic E-state index is 11.9. The highest BCUT2D eigenvalue weighted by atomic mass is 127. The summed E-state index contributed by atoms with van der Waals surface area (Å²) in [5.74, 6) is 0.134. The third-order valence-corrected chi connectivity index (χ3v) is 6.49. The van der Waals surface area contributed by atoms with E-state index in [1.165, 1.54) is 0 Å². The number of nitrogens with one attached hydrogen (secondary N) is 1. The van der Waals surface area contributed by atoms with Crippen LogP contribution in [0.5, 0.6) is 0 Å². The van der Waals surface area contributed by atoms with Gasteiger partial charge < -0.3 is 5.32 Å². The van der Waals surface area contributed by atoms with Crippen LogP contribution in [0.3, 0.4) is 0 Å². The Morgan fingerprint density at radius 2 is 1.94 bits per heavy atom. The first-order valence-corrected chi connectivity index (χ1v) is 9.07. The summed E-state index contributed by atoms with van der Waals surface area (Å²) in [6.07, 6.45) is 0. The Morgan fingerprint density at radius 1 is 1.33 bits per heavy atom. The summed E-state index contributed by atoms with van der Waals surface area (Å²) in [6.45, 7) is 5.59. The number of halogens is 2. The smallest absolute Gasteiger partial charge is 0.156 e. The molecule has 1 rings (SSSR count). The van der Waals surface area contributed by atoms with Crippen LogP contribution in [-0.4, -0.2) is 25.5 Å². The molecule has 0 radical (unpaired) electrons. The standard InChI is InChI=1S/C12H17BrINO2S/c1-12(2,3)18(16,17)7-6-15-11-5-4-9(14)8-10(11)13/h4-5,8,15H,6-7H2,1-3H3. The molecule has 0 saturated heterocycles. The fourth-order valence-electron chi connectivity index (χ4n) is 1.26. The van der Waals surface area contributed by atoms with Crippen molar-refractivity contribution in [1.82, 2.24) is 0 Å². The molecule has 102 valence electrons. The molecule has 0 bridgehead atoms. The van der Waals surface area contributed by atoms with Crippen LogP contribution in [0.15, 0.2) is 22.7 Å². The second-order valence-corrected chi connectivity index (χ2v) is 9.94. The van der Waals surface area contributed by atoms with E-state index in [0.29, 0.717) is 6.54 Å². The van der Waals surface area contributed by atoms with Gasteiger partial charge in [-0.2, -0.15) is 0 Å². The van der Waals surface area contributed by atoms with E-state index >= 15 is 0 Å². The normalized spacial score (nSPS) is 12.5. The summed E-state index contributed by atoms with van der Waals surface area (Å²) < 4.78 is 25.2. The van der Waals surface area contributed by atoms with Crippen LogP contribution in [0.1, 0.15) is 20.8 Å². The lowest BCUT2D eigenvalue weighted by molar-refractivity contribution is 0.560. The van der Waals surface area contributed by atoms with Crippen LogP contribution in [-0.2, 0) is 9.84 Å². The van der Waals surface area contributed by atoms with Gasteiger partial charge in [0.05, 0.1) is 10.5 Å². The van der Waals surface area contributed by atoms with Gasteiger partial charge in [-0.25, -0.2) is 8.42 Å². The lowest BCUT2D eigenvalue weighted by Gasteiger charge is -2.19. The van der Waals surface area contributed by atoms with E-state index in [9.17, 15) is 8.42 Å². The second kappa shape index (κ2) is 6.09. The summed E-state index contributed by atoms with van der Waals surface area (Å²) in [6, 6.07) is 5.91. The van der Waals surface area contributed by atoms with Crippen molar-refractivity contribution in [2.24, 2.45) is 0 Å². The third kappa shape index (κ3) is 4.38. The summed E-state index contributed by atoms with van der Waals surface area (Å²) in [7, 11) is -3.07. The maximum Gasteiger partial charge on any atom is 0.156 e. The molecule has 0 unspecified atom stereocenters. The molecule has 1 N–H and O–H groups in total. The zero-order chi connectivity index (χ0) is 14.0. The SMILES string of the molecule is CC(C)(C)S(=O)(=O)CCNc1ccc(I)cc1Br. The summed E-state index contributed by atoms with van der Waals surface area (Å²) >= 11 is 5.68. The van der Waals surface area contributed by atoms with Gasteiger partial charge in [0.2, 0.25) is 0 Å². The van der Waals surface area contributed by atoms with Crippen molar-refractivity contribution < 1.29 is 8.42 Å². The Kier molecular flexibility index (Phi) is 5.49. The van der Waals surface area contributed by atoms with Crippen molar-refractivity contribution in [3.05, 3.63) is 26.2 Å². The van der Waals surface area contributed by atoms with Gasteiger partial charge in [0, 0.05) is 20.3 Å². The Balaban J connectivity index is 2.63. The van der Waals surface area contributed by atoms with E-state index in [-0.39, 0.29) is 5.75 Å². The van der Waals surface area contributed by atoms with Crippen molar-refractivity contribution in [3.63, 3.8) is 0 Å². The van der Waals surface area contributed by atoms with Crippen LogP contribution in [0.25, 0.3) is 0 Å². The van der Waals surface area contributed by atoms with Gasteiger partial charge in [-0.05, 0) is 77.5 Å². The number of sulfone groups is 1. The lowest BCUT2D eigenvalue weighted by atomic mass is 10.3. The van der Waals surface area contributed by atoms with E-state index in [0.717, 1.165) is 13.7 Å². The molecule has 3 nitrogen and oxygen atoms in total. The van der Waals surface area contributed by atoms with Crippen molar-refractivity contribution in [2.45, 2.75) is 25.5 Å². The Labute approximate surface area is 131 Å². The van der Waals surface area contributed by atoms with E-state index < -0.39 is 14.6 Å². The molecule has 1 aromatic rings. The van der Waals surface area contributed by atoms with Gasteiger partial charge in [-0.1, -0.05) is 0 Å². The van der Waals surface area contributed by atoms with E-state index in [1.54, 1.807) is 20.8 Å². The molecule has 0 amide bonds. The first-order valence-electron chi connectivity index (χ1n) is 5.55. The molecule has 0 spiro atoms. The molecule has 0 atom stereocenters. The number of hydrogen-bond donors (Lipinski definition) is 1. The van der Waals surface area contributed by atoms with Crippen molar-refractivity contribution in [3.8, 4) is 0 Å². The van der Waals surface area contributed by atoms with Crippen LogP contribution in [0.2, 0.25) is 0 Å². The fourth-order valence-corrected chi connectivity index (χ4v) is 3.68. The first kappa shape index (κ1) is 16.2. The van der Waals surface area contributed by atoms with Crippen LogP contribution in [0.4, 0.5) is 5.69 Å². The maximum absolute atomic E-state index is 11.9. The average molecular weight is 446 g/mol. The molecule has 0 aliphatic carbocycles. The Morgan fingerprint density at radius 3 is 2.44 bits per heavy atom. The predicted octanol–water partition coefficient (Wildman–Crippen LogP) is 3.68. The molecule has 0 aliphatic heterocycles. The third-order valence-electron chi connectivity index (χ3n) is 2.55. The van der Waals surface area contributed by atoms with Crippen molar-refractivity contribution in [2.75, 3.05) is 17.6 Å².